The van der Waals surface area contributed by atoms with E-state index in [1.807, 2.05) is 0 Å². The fraction of sp³-hybridized carbons (Fsp3) is 0.278. The Kier molecular flexibility index (Phi) is 2.51. The smallest absolute Gasteiger partial charge is 0.0711 e. The summed E-state index contributed by atoms with van der Waals surface area (Å²) in [4.78, 5) is 4.99. The maximum absolute atomic E-state index is 4.99. The molecular weight excluding hydrogens is 230 g/mol. The molecule has 19 heavy (non-hydrogen) atoms. The molecule has 0 saturated heterocycles. The van der Waals surface area contributed by atoms with Crippen LogP contribution in [0.4, 0.5) is 0 Å². The highest BCUT2D eigenvalue weighted by molar-refractivity contribution is 6.06. The maximum atomic E-state index is 4.99. The van der Waals surface area contributed by atoms with E-state index in [9.17, 15) is 0 Å². The van der Waals surface area contributed by atoms with E-state index in [1.165, 1.54) is 47.5 Å². The van der Waals surface area contributed by atoms with E-state index < -0.39 is 0 Å². The van der Waals surface area contributed by atoms with Crippen LogP contribution in [0.1, 0.15) is 37.3 Å². The van der Waals surface area contributed by atoms with Crippen LogP contribution in [0.5, 0.6) is 0 Å². The molecule has 94 valence electrons. The van der Waals surface area contributed by atoms with Crippen LogP contribution in [0.2, 0.25) is 0 Å². The summed E-state index contributed by atoms with van der Waals surface area (Å²) in [5.41, 5.74) is 2.47. The normalized spacial score (nSPS) is 16.4. The summed E-state index contributed by atoms with van der Waals surface area (Å²) in [6.07, 6.45) is 5.31. The third kappa shape index (κ3) is 1.73. The van der Waals surface area contributed by atoms with Crippen LogP contribution in [-0.4, -0.2) is 4.98 Å². The molecule has 0 atom stereocenters. The predicted molar refractivity (Wildman–Crippen MR) is 80.5 cm³/mol. The van der Waals surface area contributed by atoms with Gasteiger partial charge < -0.3 is 0 Å². The van der Waals surface area contributed by atoms with Crippen molar-refractivity contribution in [3.63, 3.8) is 0 Å². The number of benzene rings is 2. The minimum atomic E-state index is 0.662. The molecule has 2 aromatic carbocycles. The van der Waals surface area contributed by atoms with Gasteiger partial charge in [-0.2, -0.15) is 0 Å². The van der Waals surface area contributed by atoms with Gasteiger partial charge in [0.15, 0.2) is 0 Å². The second-order valence-corrected chi connectivity index (χ2v) is 5.54. The van der Waals surface area contributed by atoms with Crippen LogP contribution >= 0.6 is 0 Å². The van der Waals surface area contributed by atoms with Gasteiger partial charge in [0.2, 0.25) is 0 Å². The number of hydrogen-bond donors (Lipinski definition) is 0. The van der Waals surface area contributed by atoms with Gasteiger partial charge in [-0.25, -0.2) is 0 Å². The molecule has 0 N–H and O–H groups in total. The lowest BCUT2D eigenvalue weighted by Gasteiger charge is -2.14. The molecule has 1 heterocycles. The van der Waals surface area contributed by atoms with Gasteiger partial charge in [0, 0.05) is 16.7 Å². The second-order valence-electron chi connectivity index (χ2n) is 5.54. The minimum absolute atomic E-state index is 0.662. The number of hydrogen-bond acceptors (Lipinski definition) is 1. The average Bonchev–Trinajstić information content (AvgIpc) is 3.00. The van der Waals surface area contributed by atoms with Crippen molar-refractivity contribution in [1.82, 2.24) is 4.98 Å². The molecule has 1 heteroatoms. The van der Waals surface area contributed by atoms with Crippen molar-refractivity contribution in [1.29, 1.82) is 0 Å². The number of nitrogens with zero attached hydrogens (tertiary/aromatic N) is 1. The molecule has 1 aliphatic rings. The maximum Gasteiger partial charge on any atom is 0.0711 e. The van der Waals surface area contributed by atoms with Crippen LogP contribution in [0.3, 0.4) is 0 Å². The van der Waals surface area contributed by atoms with Crippen LogP contribution in [0.15, 0.2) is 48.5 Å². The van der Waals surface area contributed by atoms with Crippen LogP contribution in [0.25, 0.3) is 21.7 Å². The summed E-state index contributed by atoms with van der Waals surface area (Å²) in [6.45, 7) is 0. The molecule has 1 aliphatic carbocycles. The molecule has 3 aromatic rings. The van der Waals surface area contributed by atoms with Gasteiger partial charge in [-0.05, 0) is 24.3 Å². The van der Waals surface area contributed by atoms with Crippen molar-refractivity contribution in [2.75, 3.05) is 0 Å². The first-order valence-electron chi connectivity index (χ1n) is 7.21. The molecule has 0 spiro atoms. The Morgan fingerprint density at radius 3 is 2.16 bits per heavy atom. The Labute approximate surface area is 113 Å². The Hall–Kier alpha value is -1.89. The Bertz CT molecular complexity index is 739. The van der Waals surface area contributed by atoms with Crippen molar-refractivity contribution >= 4 is 21.7 Å². The monoisotopic (exact) mass is 247 g/mol. The molecule has 0 bridgehead atoms. The van der Waals surface area contributed by atoms with Crippen LogP contribution < -0.4 is 0 Å². The van der Waals surface area contributed by atoms with E-state index in [2.05, 4.69) is 48.5 Å². The number of fused-ring (bicyclic) bond motifs is 3. The van der Waals surface area contributed by atoms with Gasteiger partial charge in [0.1, 0.15) is 0 Å². The number of rotatable bonds is 1. The lowest BCUT2D eigenvalue weighted by molar-refractivity contribution is 0.708. The van der Waals surface area contributed by atoms with Gasteiger partial charge in [-0.3, -0.25) is 4.98 Å². The van der Waals surface area contributed by atoms with Crippen molar-refractivity contribution in [3.8, 4) is 0 Å². The molecule has 1 fully saturated rings. The SMILES string of the molecule is c1ccc2c(c1)nc(C1CCCC1)c1ccccc12. The zero-order valence-corrected chi connectivity index (χ0v) is 11.0. The first-order valence-corrected chi connectivity index (χ1v) is 7.21. The topological polar surface area (TPSA) is 12.9 Å². The molecule has 1 aromatic heterocycles. The van der Waals surface area contributed by atoms with E-state index in [1.54, 1.807) is 0 Å². The van der Waals surface area contributed by atoms with Crippen molar-refractivity contribution in [3.05, 3.63) is 54.2 Å². The molecule has 0 radical (unpaired) electrons. The van der Waals surface area contributed by atoms with Crippen molar-refractivity contribution in [2.45, 2.75) is 31.6 Å². The van der Waals surface area contributed by atoms with Gasteiger partial charge in [-0.15, -0.1) is 0 Å². The van der Waals surface area contributed by atoms with Crippen LogP contribution in [-0.2, 0) is 0 Å². The Morgan fingerprint density at radius 2 is 1.37 bits per heavy atom. The zero-order valence-electron chi connectivity index (χ0n) is 11.0. The fourth-order valence-corrected chi connectivity index (χ4v) is 3.44. The molecule has 0 unspecified atom stereocenters. The van der Waals surface area contributed by atoms with Gasteiger partial charge in [0.05, 0.1) is 11.2 Å². The quantitative estimate of drug-likeness (QED) is 0.549. The predicted octanol–water partition coefficient (Wildman–Crippen LogP) is 5.05. The molecular formula is C18H17N. The Balaban J connectivity index is 2.09. The highest BCUT2D eigenvalue weighted by Gasteiger charge is 2.21. The van der Waals surface area contributed by atoms with E-state index in [4.69, 9.17) is 4.98 Å². The van der Waals surface area contributed by atoms with Gasteiger partial charge in [0.25, 0.3) is 0 Å². The largest absolute Gasteiger partial charge is 0.252 e. The fourth-order valence-electron chi connectivity index (χ4n) is 3.44. The standard InChI is InChI=1S/C18H17N/c1-2-8-13(7-1)18-16-11-4-3-9-14(16)15-10-5-6-12-17(15)19-18/h3-6,9-13H,1-2,7-8H2. The first kappa shape index (κ1) is 11.0. The third-order valence-electron chi connectivity index (χ3n) is 4.38. The van der Waals surface area contributed by atoms with Crippen LogP contribution in [0, 0.1) is 0 Å². The summed E-state index contributed by atoms with van der Waals surface area (Å²) in [6, 6.07) is 17.3. The number of aromatic nitrogens is 1. The number of pyridine rings is 1. The minimum Gasteiger partial charge on any atom is -0.252 e. The molecule has 1 nitrogen and oxygen atoms in total. The molecule has 4 rings (SSSR count). The summed E-state index contributed by atoms with van der Waals surface area (Å²) in [7, 11) is 0. The summed E-state index contributed by atoms with van der Waals surface area (Å²) in [5, 5.41) is 3.99. The second kappa shape index (κ2) is 4.34. The van der Waals surface area contributed by atoms with E-state index in [0.717, 1.165) is 5.52 Å². The summed E-state index contributed by atoms with van der Waals surface area (Å²) < 4.78 is 0. The van der Waals surface area contributed by atoms with E-state index in [-0.39, 0.29) is 0 Å². The van der Waals surface area contributed by atoms with Crippen molar-refractivity contribution in [2.24, 2.45) is 0 Å². The highest BCUT2D eigenvalue weighted by Crippen LogP contribution is 2.38. The Morgan fingerprint density at radius 1 is 0.737 bits per heavy atom. The average molecular weight is 247 g/mol. The molecule has 0 amide bonds. The summed E-state index contributed by atoms with van der Waals surface area (Å²) in [5.74, 6) is 0.662. The highest BCUT2D eigenvalue weighted by atomic mass is 14.7. The van der Waals surface area contributed by atoms with Crippen molar-refractivity contribution < 1.29 is 0 Å². The lowest BCUT2D eigenvalue weighted by Crippen LogP contribution is -1.98. The van der Waals surface area contributed by atoms with Gasteiger partial charge in [-0.1, -0.05) is 55.3 Å². The zero-order chi connectivity index (χ0) is 12.7. The van der Waals surface area contributed by atoms with E-state index in [0.29, 0.717) is 5.92 Å². The lowest BCUT2D eigenvalue weighted by atomic mass is 9.95. The third-order valence-corrected chi connectivity index (χ3v) is 4.38. The molecule has 0 aliphatic heterocycles. The first-order chi connectivity index (χ1) is 9.43. The van der Waals surface area contributed by atoms with E-state index >= 15 is 0 Å². The molecule has 1 saturated carbocycles. The number of para-hydroxylation sites is 1. The van der Waals surface area contributed by atoms with Gasteiger partial charge >= 0.3 is 0 Å². The summed E-state index contributed by atoms with van der Waals surface area (Å²) >= 11 is 0.